The third-order valence-corrected chi connectivity index (χ3v) is 5.35. The summed E-state index contributed by atoms with van der Waals surface area (Å²) in [6.45, 7) is 1.46. The van der Waals surface area contributed by atoms with Gasteiger partial charge in [0.15, 0.2) is 10.9 Å². The Bertz CT molecular complexity index is 807. The first-order valence-corrected chi connectivity index (χ1v) is 9.59. The lowest BCUT2D eigenvalue weighted by Gasteiger charge is -2.08. The molecule has 1 aromatic carbocycles. The van der Waals surface area contributed by atoms with E-state index in [0.29, 0.717) is 29.0 Å². The third-order valence-electron chi connectivity index (χ3n) is 4.41. The molecule has 0 aliphatic heterocycles. The maximum atomic E-state index is 12.4. The van der Waals surface area contributed by atoms with Crippen molar-refractivity contribution in [2.45, 2.75) is 49.7 Å². The Labute approximate surface area is 150 Å². The van der Waals surface area contributed by atoms with E-state index in [1.165, 1.54) is 44.4 Å². The van der Waals surface area contributed by atoms with Gasteiger partial charge in [0, 0.05) is 30.1 Å². The van der Waals surface area contributed by atoms with Gasteiger partial charge in [0.1, 0.15) is 5.82 Å². The van der Waals surface area contributed by atoms with Crippen molar-refractivity contribution in [1.29, 1.82) is 0 Å². The number of carbonyl (C=O) groups excluding carboxylic acids is 2. The number of benzene rings is 1. The summed E-state index contributed by atoms with van der Waals surface area (Å²) in [5, 5.41) is 12.3. The first kappa shape index (κ1) is 16.3. The fourth-order valence-corrected chi connectivity index (χ4v) is 3.75. The van der Waals surface area contributed by atoms with E-state index >= 15 is 0 Å². The molecule has 25 heavy (non-hydrogen) atoms. The van der Waals surface area contributed by atoms with Gasteiger partial charge in [-0.3, -0.25) is 9.59 Å². The predicted octanol–water partition coefficient (Wildman–Crippen LogP) is 3.42. The van der Waals surface area contributed by atoms with Crippen LogP contribution in [0.2, 0.25) is 0 Å². The van der Waals surface area contributed by atoms with Crippen molar-refractivity contribution in [2.75, 3.05) is 11.1 Å². The molecule has 2 fully saturated rings. The van der Waals surface area contributed by atoms with Crippen molar-refractivity contribution in [1.82, 2.24) is 14.8 Å². The zero-order chi connectivity index (χ0) is 17.4. The SMILES string of the molecule is CC(=O)Nc1ccc(C(=O)CSc2nnc(C3CC3)n2C2CC2)cc1. The lowest BCUT2D eigenvalue weighted by atomic mass is 10.1. The van der Waals surface area contributed by atoms with Crippen molar-refractivity contribution in [2.24, 2.45) is 0 Å². The number of Topliss-reactive ketones (excluding diaryl/α,β-unsaturated/α-hetero) is 1. The summed E-state index contributed by atoms with van der Waals surface area (Å²) >= 11 is 1.47. The van der Waals surface area contributed by atoms with E-state index in [1.54, 1.807) is 24.3 Å². The van der Waals surface area contributed by atoms with Crippen molar-refractivity contribution in [3.8, 4) is 0 Å². The molecule has 2 aliphatic rings. The Kier molecular flexibility index (Phi) is 4.33. The molecule has 1 aromatic heterocycles. The van der Waals surface area contributed by atoms with Crippen LogP contribution in [0.15, 0.2) is 29.4 Å². The third kappa shape index (κ3) is 3.76. The van der Waals surface area contributed by atoms with Crippen LogP contribution < -0.4 is 5.32 Å². The quantitative estimate of drug-likeness (QED) is 0.607. The minimum absolute atomic E-state index is 0.0534. The van der Waals surface area contributed by atoms with Crippen molar-refractivity contribution in [3.05, 3.63) is 35.7 Å². The summed E-state index contributed by atoms with van der Waals surface area (Å²) in [5.74, 6) is 1.95. The Morgan fingerprint density at radius 3 is 2.48 bits per heavy atom. The lowest BCUT2D eigenvalue weighted by molar-refractivity contribution is -0.114. The van der Waals surface area contributed by atoms with Gasteiger partial charge in [0.25, 0.3) is 0 Å². The summed E-state index contributed by atoms with van der Waals surface area (Å²) in [4.78, 5) is 23.5. The Hall–Kier alpha value is -2.15. The summed E-state index contributed by atoms with van der Waals surface area (Å²) in [5.41, 5.74) is 1.33. The molecule has 1 N–H and O–H groups in total. The van der Waals surface area contributed by atoms with Crippen LogP contribution in [0.4, 0.5) is 5.69 Å². The summed E-state index contributed by atoms with van der Waals surface area (Å²) in [6, 6.07) is 7.51. The monoisotopic (exact) mass is 356 g/mol. The molecule has 0 unspecified atom stereocenters. The minimum atomic E-state index is -0.125. The van der Waals surface area contributed by atoms with Crippen molar-refractivity contribution in [3.63, 3.8) is 0 Å². The van der Waals surface area contributed by atoms with E-state index in [0.717, 1.165) is 11.0 Å². The molecule has 130 valence electrons. The first-order chi connectivity index (χ1) is 12.1. The van der Waals surface area contributed by atoms with Crippen LogP contribution in [0.5, 0.6) is 0 Å². The maximum absolute atomic E-state index is 12.4. The highest BCUT2D eigenvalue weighted by Gasteiger charge is 2.36. The smallest absolute Gasteiger partial charge is 0.221 e. The van der Waals surface area contributed by atoms with Gasteiger partial charge >= 0.3 is 0 Å². The van der Waals surface area contributed by atoms with Gasteiger partial charge in [-0.05, 0) is 49.9 Å². The number of hydrogen-bond donors (Lipinski definition) is 1. The average Bonchev–Trinajstić information content (AvgIpc) is 3.51. The zero-order valence-corrected chi connectivity index (χ0v) is 14.9. The van der Waals surface area contributed by atoms with Crippen LogP contribution in [0.25, 0.3) is 0 Å². The number of anilines is 1. The number of ketones is 1. The number of nitrogens with one attached hydrogen (secondary N) is 1. The van der Waals surface area contributed by atoms with Gasteiger partial charge in [-0.15, -0.1) is 10.2 Å². The lowest BCUT2D eigenvalue weighted by Crippen LogP contribution is -2.07. The molecular weight excluding hydrogens is 336 g/mol. The van der Waals surface area contributed by atoms with Gasteiger partial charge in [0.05, 0.1) is 5.75 Å². The highest BCUT2D eigenvalue weighted by Crippen LogP contribution is 2.46. The molecule has 0 bridgehead atoms. The minimum Gasteiger partial charge on any atom is -0.326 e. The largest absolute Gasteiger partial charge is 0.326 e. The fourth-order valence-electron chi connectivity index (χ4n) is 2.84. The summed E-state index contributed by atoms with van der Waals surface area (Å²) in [7, 11) is 0. The maximum Gasteiger partial charge on any atom is 0.221 e. The molecule has 2 aliphatic carbocycles. The average molecular weight is 356 g/mol. The second kappa shape index (κ2) is 6.63. The van der Waals surface area contributed by atoms with Crippen molar-refractivity contribution >= 4 is 29.1 Å². The molecule has 2 aromatic rings. The van der Waals surface area contributed by atoms with E-state index in [1.807, 2.05) is 0 Å². The van der Waals surface area contributed by atoms with Crippen LogP contribution in [-0.4, -0.2) is 32.2 Å². The van der Waals surface area contributed by atoms with Crippen LogP contribution in [-0.2, 0) is 4.79 Å². The van der Waals surface area contributed by atoms with Gasteiger partial charge in [-0.25, -0.2) is 0 Å². The van der Waals surface area contributed by atoms with Crippen LogP contribution in [0.3, 0.4) is 0 Å². The number of rotatable bonds is 7. The highest BCUT2D eigenvalue weighted by molar-refractivity contribution is 7.99. The van der Waals surface area contributed by atoms with Crippen LogP contribution >= 0.6 is 11.8 Å². The Balaban J connectivity index is 1.41. The number of carbonyl (C=O) groups is 2. The van der Waals surface area contributed by atoms with E-state index < -0.39 is 0 Å². The Morgan fingerprint density at radius 1 is 1.16 bits per heavy atom. The Morgan fingerprint density at radius 2 is 1.88 bits per heavy atom. The standard InChI is InChI=1S/C18H20N4O2S/c1-11(23)19-14-6-4-12(5-7-14)16(24)10-25-18-21-20-17(13-2-3-13)22(18)15-8-9-15/h4-7,13,15H,2-3,8-10H2,1H3,(H,19,23). The predicted molar refractivity (Wildman–Crippen MR) is 96.1 cm³/mol. The zero-order valence-electron chi connectivity index (χ0n) is 14.1. The van der Waals surface area contributed by atoms with E-state index in [4.69, 9.17) is 0 Å². The number of amides is 1. The van der Waals surface area contributed by atoms with Crippen molar-refractivity contribution < 1.29 is 9.59 Å². The number of nitrogens with zero attached hydrogens (tertiary/aromatic N) is 3. The summed E-state index contributed by atoms with van der Waals surface area (Å²) < 4.78 is 2.26. The molecule has 4 rings (SSSR count). The molecular formula is C18H20N4O2S. The van der Waals surface area contributed by atoms with E-state index in [-0.39, 0.29) is 11.7 Å². The number of aromatic nitrogens is 3. The molecule has 7 heteroatoms. The normalized spacial score (nSPS) is 16.7. The first-order valence-electron chi connectivity index (χ1n) is 8.60. The van der Waals surface area contributed by atoms with Gasteiger partial charge in [-0.1, -0.05) is 11.8 Å². The van der Waals surface area contributed by atoms with Gasteiger partial charge in [-0.2, -0.15) is 0 Å². The van der Waals surface area contributed by atoms with Gasteiger partial charge in [0.2, 0.25) is 5.91 Å². The fraction of sp³-hybridized carbons (Fsp3) is 0.444. The number of thioether (sulfide) groups is 1. The van der Waals surface area contributed by atoms with Crippen LogP contribution in [0.1, 0.15) is 60.7 Å². The molecule has 2 saturated carbocycles. The highest BCUT2D eigenvalue weighted by atomic mass is 32.2. The molecule has 0 radical (unpaired) electrons. The second-order valence-electron chi connectivity index (χ2n) is 6.69. The second-order valence-corrected chi connectivity index (χ2v) is 7.63. The molecule has 0 saturated heterocycles. The van der Waals surface area contributed by atoms with Crippen LogP contribution in [0, 0.1) is 0 Å². The van der Waals surface area contributed by atoms with E-state index in [2.05, 4.69) is 20.1 Å². The molecule has 6 nitrogen and oxygen atoms in total. The molecule has 0 atom stereocenters. The molecule has 1 heterocycles. The van der Waals surface area contributed by atoms with Gasteiger partial charge < -0.3 is 9.88 Å². The molecule has 1 amide bonds. The number of hydrogen-bond acceptors (Lipinski definition) is 5. The topological polar surface area (TPSA) is 76.9 Å². The molecule has 0 spiro atoms. The summed E-state index contributed by atoms with van der Waals surface area (Å²) in [6.07, 6.45) is 4.78. The van der Waals surface area contributed by atoms with E-state index in [9.17, 15) is 9.59 Å².